The maximum absolute atomic E-state index is 5.38. The monoisotopic (exact) mass is 192 g/mol. The van der Waals surface area contributed by atoms with E-state index in [-0.39, 0.29) is 11.5 Å². The van der Waals surface area contributed by atoms with Gasteiger partial charge in [0.1, 0.15) is 0 Å². The van der Waals surface area contributed by atoms with Crippen molar-refractivity contribution in [1.29, 1.82) is 0 Å². The number of rotatable bonds is 2. The maximum atomic E-state index is 5.38. The lowest BCUT2D eigenvalue weighted by molar-refractivity contribution is 0.584. The molecule has 2 nitrogen and oxygen atoms in total. The number of hydrogen-bond donors (Lipinski definition) is 2. The molecule has 1 atom stereocenters. The standard InChI is InChI=1S/C12H20N2/c1-9(14-13)10-5-7-11(8-6-10)12(2,3)4/h5-9,14H,13H2,1-4H3. The van der Waals surface area contributed by atoms with Gasteiger partial charge in [-0.3, -0.25) is 11.3 Å². The number of nitrogens with two attached hydrogens (primary N) is 1. The van der Waals surface area contributed by atoms with Crippen LogP contribution in [0.2, 0.25) is 0 Å². The molecule has 0 saturated heterocycles. The number of benzene rings is 1. The van der Waals surface area contributed by atoms with Crippen LogP contribution >= 0.6 is 0 Å². The Bertz CT molecular complexity index is 282. The van der Waals surface area contributed by atoms with Gasteiger partial charge in [-0.2, -0.15) is 0 Å². The van der Waals surface area contributed by atoms with E-state index < -0.39 is 0 Å². The van der Waals surface area contributed by atoms with Crippen molar-refractivity contribution in [3.63, 3.8) is 0 Å². The molecule has 0 amide bonds. The van der Waals surface area contributed by atoms with E-state index in [4.69, 9.17) is 5.84 Å². The molecule has 78 valence electrons. The highest BCUT2D eigenvalue weighted by Gasteiger charge is 2.13. The summed E-state index contributed by atoms with van der Waals surface area (Å²) in [5.74, 6) is 5.38. The second-order valence-corrected chi connectivity index (χ2v) is 4.76. The zero-order valence-electron chi connectivity index (χ0n) is 9.46. The van der Waals surface area contributed by atoms with Gasteiger partial charge in [0.25, 0.3) is 0 Å². The average Bonchev–Trinajstić information content (AvgIpc) is 2.15. The van der Waals surface area contributed by atoms with Crippen LogP contribution in [-0.2, 0) is 5.41 Å². The van der Waals surface area contributed by atoms with Crippen molar-refractivity contribution in [1.82, 2.24) is 5.43 Å². The van der Waals surface area contributed by atoms with Gasteiger partial charge >= 0.3 is 0 Å². The summed E-state index contributed by atoms with van der Waals surface area (Å²) in [5.41, 5.74) is 5.53. The Morgan fingerprint density at radius 2 is 1.64 bits per heavy atom. The van der Waals surface area contributed by atoms with Crippen LogP contribution in [0.1, 0.15) is 44.9 Å². The Hall–Kier alpha value is -0.860. The molecule has 0 fully saturated rings. The van der Waals surface area contributed by atoms with Crippen molar-refractivity contribution in [2.75, 3.05) is 0 Å². The fraction of sp³-hybridized carbons (Fsp3) is 0.500. The normalized spacial score (nSPS) is 14.1. The second kappa shape index (κ2) is 4.11. The summed E-state index contributed by atoms with van der Waals surface area (Å²) in [7, 11) is 0. The molecule has 0 aliphatic carbocycles. The van der Waals surface area contributed by atoms with Crippen LogP contribution in [0, 0.1) is 0 Å². The van der Waals surface area contributed by atoms with Crippen molar-refractivity contribution < 1.29 is 0 Å². The smallest absolute Gasteiger partial charge is 0.0431 e. The van der Waals surface area contributed by atoms with Crippen LogP contribution in [0.25, 0.3) is 0 Å². The molecule has 0 radical (unpaired) electrons. The summed E-state index contributed by atoms with van der Waals surface area (Å²) in [5, 5.41) is 0. The zero-order valence-corrected chi connectivity index (χ0v) is 9.46. The van der Waals surface area contributed by atoms with Crippen molar-refractivity contribution in [3.05, 3.63) is 35.4 Å². The Morgan fingerprint density at radius 3 is 2.00 bits per heavy atom. The van der Waals surface area contributed by atoms with Gasteiger partial charge in [-0.15, -0.1) is 0 Å². The van der Waals surface area contributed by atoms with Crippen LogP contribution < -0.4 is 11.3 Å². The van der Waals surface area contributed by atoms with E-state index in [9.17, 15) is 0 Å². The lowest BCUT2D eigenvalue weighted by atomic mass is 9.86. The van der Waals surface area contributed by atoms with Gasteiger partial charge in [0.15, 0.2) is 0 Å². The first-order valence-electron chi connectivity index (χ1n) is 5.01. The van der Waals surface area contributed by atoms with Gasteiger partial charge in [-0.05, 0) is 23.5 Å². The fourth-order valence-electron chi connectivity index (χ4n) is 1.37. The van der Waals surface area contributed by atoms with Crippen LogP contribution in [-0.4, -0.2) is 0 Å². The first kappa shape index (κ1) is 11.2. The second-order valence-electron chi connectivity index (χ2n) is 4.76. The SMILES string of the molecule is CC(NN)c1ccc(C(C)(C)C)cc1. The predicted octanol–water partition coefficient (Wildman–Crippen LogP) is 2.51. The van der Waals surface area contributed by atoms with E-state index in [1.54, 1.807) is 0 Å². The van der Waals surface area contributed by atoms with Crippen LogP contribution in [0.5, 0.6) is 0 Å². The summed E-state index contributed by atoms with van der Waals surface area (Å²) >= 11 is 0. The van der Waals surface area contributed by atoms with E-state index in [2.05, 4.69) is 50.5 Å². The van der Waals surface area contributed by atoms with Gasteiger partial charge in [0.2, 0.25) is 0 Å². The Kier molecular flexibility index (Phi) is 3.29. The summed E-state index contributed by atoms with van der Waals surface area (Å²) in [4.78, 5) is 0. The van der Waals surface area contributed by atoms with E-state index >= 15 is 0 Å². The Morgan fingerprint density at radius 1 is 1.14 bits per heavy atom. The molecule has 1 rings (SSSR count). The van der Waals surface area contributed by atoms with Crippen molar-refractivity contribution in [2.24, 2.45) is 5.84 Å². The van der Waals surface area contributed by atoms with Crippen LogP contribution in [0.4, 0.5) is 0 Å². The summed E-state index contributed by atoms with van der Waals surface area (Å²) in [6.07, 6.45) is 0. The van der Waals surface area contributed by atoms with E-state index in [1.165, 1.54) is 11.1 Å². The molecular weight excluding hydrogens is 172 g/mol. The molecule has 1 unspecified atom stereocenters. The van der Waals surface area contributed by atoms with Crippen molar-refractivity contribution in [2.45, 2.75) is 39.2 Å². The minimum Gasteiger partial charge on any atom is -0.271 e. The number of hydrogen-bond acceptors (Lipinski definition) is 2. The quantitative estimate of drug-likeness (QED) is 0.558. The van der Waals surface area contributed by atoms with Crippen LogP contribution in [0.15, 0.2) is 24.3 Å². The van der Waals surface area contributed by atoms with Crippen LogP contribution in [0.3, 0.4) is 0 Å². The summed E-state index contributed by atoms with van der Waals surface area (Å²) in [6, 6.07) is 8.81. The van der Waals surface area contributed by atoms with Gasteiger partial charge in [-0.25, -0.2) is 0 Å². The lowest BCUT2D eigenvalue weighted by Crippen LogP contribution is -2.25. The third-order valence-corrected chi connectivity index (χ3v) is 2.53. The predicted molar refractivity (Wildman–Crippen MR) is 60.9 cm³/mol. The molecule has 14 heavy (non-hydrogen) atoms. The highest BCUT2D eigenvalue weighted by Crippen LogP contribution is 2.23. The van der Waals surface area contributed by atoms with Crippen molar-refractivity contribution >= 4 is 0 Å². The van der Waals surface area contributed by atoms with E-state index in [1.807, 2.05) is 6.92 Å². The van der Waals surface area contributed by atoms with Gasteiger partial charge in [0, 0.05) is 6.04 Å². The third kappa shape index (κ3) is 2.56. The fourth-order valence-corrected chi connectivity index (χ4v) is 1.37. The average molecular weight is 192 g/mol. The molecule has 0 saturated carbocycles. The minimum atomic E-state index is 0.212. The number of nitrogens with one attached hydrogen (secondary N) is 1. The molecule has 3 N–H and O–H groups in total. The summed E-state index contributed by atoms with van der Waals surface area (Å²) < 4.78 is 0. The third-order valence-electron chi connectivity index (χ3n) is 2.53. The van der Waals surface area contributed by atoms with Gasteiger partial charge < -0.3 is 0 Å². The molecule has 0 spiro atoms. The first-order chi connectivity index (χ1) is 6.45. The Labute approximate surface area is 86.5 Å². The molecule has 0 bridgehead atoms. The maximum Gasteiger partial charge on any atom is 0.0431 e. The molecule has 1 aromatic carbocycles. The molecular formula is C12H20N2. The zero-order chi connectivity index (χ0) is 10.8. The molecule has 0 heterocycles. The lowest BCUT2D eigenvalue weighted by Gasteiger charge is -2.20. The number of hydrazine groups is 1. The van der Waals surface area contributed by atoms with E-state index in [0.717, 1.165) is 0 Å². The molecule has 1 aromatic rings. The largest absolute Gasteiger partial charge is 0.271 e. The highest BCUT2D eigenvalue weighted by molar-refractivity contribution is 5.28. The first-order valence-corrected chi connectivity index (χ1v) is 5.01. The minimum absolute atomic E-state index is 0.212. The molecule has 0 aliphatic heterocycles. The molecule has 2 heteroatoms. The molecule has 0 aliphatic rings. The Balaban J connectivity index is 2.89. The highest BCUT2D eigenvalue weighted by atomic mass is 15.2. The van der Waals surface area contributed by atoms with Crippen molar-refractivity contribution in [3.8, 4) is 0 Å². The van der Waals surface area contributed by atoms with Gasteiger partial charge in [0.05, 0.1) is 0 Å². The summed E-state index contributed by atoms with van der Waals surface area (Å²) in [6.45, 7) is 8.69. The molecule has 0 aromatic heterocycles. The van der Waals surface area contributed by atoms with Gasteiger partial charge in [-0.1, -0.05) is 45.0 Å². The topological polar surface area (TPSA) is 38.0 Å². The van der Waals surface area contributed by atoms with E-state index in [0.29, 0.717) is 0 Å².